The van der Waals surface area contributed by atoms with Crippen LogP contribution in [0.1, 0.15) is 15.9 Å². The quantitative estimate of drug-likeness (QED) is 0.196. The van der Waals surface area contributed by atoms with Crippen molar-refractivity contribution >= 4 is 51.8 Å². The number of nitrogens with one attached hydrogen (secondary N) is 1. The third-order valence-corrected chi connectivity index (χ3v) is 4.54. The highest BCUT2D eigenvalue weighted by molar-refractivity contribution is 7.14. The molecule has 148 valence electrons. The molecule has 0 saturated heterocycles. The van der Waals surface area contributed by atoms with E-state index >= 15 is 0 Å². The van der Waals surface area contributed by atoms with Gasteiger partial charge in [0.05, 0.1) is 16.2 Å². The van der Waals surface area contributed by atoms with Crippen molar-refractivity contribution in [2.75, 3.05) is 11.2 Å². The van der Waals surface area contributed by atoms with Gasteiger partial charge in [0.1, 0.15) is 22.9 Å². The van der Waals surface area contributed by atoms with Gasteiger partial charge in [-0.05, 0) is 18.2 Å². The van der Waals surface area contributed by atoms with E-state index in [1.807, 2.05) is 0 Å². The smallest absolute Gasteiger partial charge is 0.348 e. The Morgan fingerprint density at radius 2 is 2.21 bits per heavy atom. The third kappa shape index (κ3) is 4.83. The van der Waals surface area contributed by atoms with Gasteiger partial charge < -0.3 is 10.5 Å². The summed E-state index contributed by atoms with van der Waals surface area (Å²) in [5, 5.41) is 16.8. The second-order valence-electron chi connectivity index (χ2n) is 5.41. The molecule has 29 heavy (non-hydrogen) atoms. The molecular formula is C17H11ClFN5O4S. The fraction of sp³-hybridized carbons (Fsp3) is 0. The molecule has 1 aromatic heterocycles. The maximum atomic E-state index is 13.9. The normalized spacial score (nSPS) is 10.8. The van der Waals surface area contributed by atoms with E-state index in [1.165, 1.54) is 35.8 Å². The highest BCUT2D eigenvalue weighted by Gasteiger charge is 2.20. The second-order valence-corrected chi connectivity index (χ2v) is 6.68. The number of hydrogen-bond acceptors (Lipinski definition) is 9. The molecule has 0 saturated carbocycles. The number of anilines is 2. The molecule has 9 nitrogen and oxygen atoms in total. The van der Waals surface area contributed by atoms with Gasteiger partial charge in [0, 0.05) is 23.1 Å². The topological polar surface area (TPSA) is 133 Å². The summed E-state index contributed by atoms with van der Waals surface area (Å²) in [5.74, 6) is -1.69. The van der Waals surface area contributed by atoms with Gasteiger partial charge in [-0.1, -0.05) is 17.7 Å². The number of esters is 1. The van der Waals surface area contributed by atoms with Crippen LogP contribution in [0.5, 0.6) is 5.75 Å². The zero-order valence-corrected chi connectivity index (χ0v) is 15.9. The number of nitrogens with zero attached hydrogens (tertiary/aromatic N) is 3. The van der Waals surface area contributed by atoms with E-state index < -0.39 is 22.3 Å². The first-order chi connectivity index (χ1) is 13.8. The summed E-state index contributed by atoms with van der Waals surface area (Å²) in [4.78, 5) is 26.7. The van der Waals surface area contributed by atoms with Gasteiger partial charge in [0.15, 0.2) is 0 Å². The van der Waals surface area contributed by atoms with Crippen molar-refractivity contribution in [2.24, 2.45) is 5.10 Å². The molecule has 0 aliphatic rings. The number of hydrogen-bond donors (Lipinski definition) is 2. The van der Waals surface area contributed by atoms with Crippen LogP contribution in [0.25, 0.3) is 0 Å². The van der Waals surface area contributed by atoms with Gasteiger partial charge in [-0.2, -0.15) is 5.10 Å². The van der Waals surface area contributed by atoms with Gasteiger partial charge in [0.25, 0.3) is 5.69 Å². The molecule has 1 heterocycles. The Morgan fingerprint density at radius 3 is 2.86 bits per heavy atom. The Morgan fingerprint density at radius 1 is 1.41 bits per heavy atom. The first-order valence-corrected chi connectivity index (χ1v) is 9.05. The lowest BCUT2D eigenvalue weighted by atomic mass is 10.2. The van der Waals surface area contributed by atoms with E-state index in [-0.39, 0.29) is 22.0 Å². The number of carbonyl (C=O) groups excluding carboxylic acids is 1. The SMILES string of the molecule is Nc1csc(NN=Cc2cc([N+](=O)[O-])ccc2OC(=O)c2c(F)cccc2Cl)n1. The molecule has 0 spiro atoms. The van der Waals surface area contributed by atoms with Crippen LogP contribution in [0.4, 0.5) is 21.0 Å². The number of non-ortho nitro benzene ring substituents is 1. The lowest BCUT2D eigenvalue weighted by Crippen LogP contribution is -2.12. The number of nitro groups is 1. The zero-order valence-electron chi connectivity index (χ0n) is 14.3. The molecule has 0 atom stereocenters. The van der Waals surface area contributed by atoms with E-state index in [0.717, 1.165) is 18.2 Å². The van der Waals surface area contributed by atoms with E-state index in [4.69, 9.17) is 22.1 Å². The number of carbonyl (C=O) groups is 1. The molecular weight excluding hydrogens is 425 g/mol. The molecule has 3 aromatic rings. The van der Waals surface area contributed by atoms with Crippen LogP contribution in [-0.4, -0.2) is 22.1 Å². The van der Waals surface area contributed by atoms with E-state index in [1.54, 1.807) is 5.38 Å². The van der Waals surface area contributed by atoms with Crippen LogP contribution in [0.15, 0.2) is 46.9 Å². The number of nitrogens with two attached hydrogens (primary N) is 1. The maximum absolute atomic E-state index is 13.9. The number of aromatic nitrogens is 1. The molecule has 3 rings (SSSR count). The minimum absolute atomic E-state index is 0.0795. The molecule has 2 aromatic carbocycles. The van der Waals surface area contributed by atoms with Crippen molar-refractivity contribution in [3.8, 4) is 5.75 Å². The number of rotatable bonds is 6. The number of thiazole rings is 1. The summed E-state index contributed by atoms with van der Waals surface area (Å²) < 4.78 is 19.1. The van der Waals surface area contributed by atoms with Gasteiger partial charge in [-0.25, -0.2) is 14.2 Å². The van der Waals surface area contributed by atoms with Crippen molar-refractivity contribution in [3.63, 3.8) is 0 Å². The average molecular weight is 436 g/mol. The minimum atomic E-state index is -1.06. The highest BCUT2D eigenvalue weighted by atomic mass is 35.5. The molecule has 0 bridgehead atoms. The Kier molecular flexibility index (Phi) is 6.00. The standard InChI is InChI=1S/C17H11ClFN5O4S/c18-11-2-1-3-12(19)15(11)16(25)28-13-5-4-10(24(26)27)6-9(13)7-21-23-17-22-14(20)8-29-17/h1-8H,20H2,(H,22,23). The van der Waals surface area contributed by atoms with Crippen molar-refractivity contribution in [1.29, 1.82) is 0 Å². The number of halogens is 2. The fourth-order valence-corrected chi connectivity index (χ4v) is 2.97. The summed E-state index contributed by atoms with van der Waals surface area (Å²) in [6.07, 6.45) is 1.19. The number of benzene rings is 2. The monoisotopic (exact) mass is 435 g/mol. The minimum Gasteiger partial charge on any atom is -0.422 e. The van der Waals surface area contributed by atoms with Crippen molar-refractivity contribution in [2.45, 2.75) is 0 Å². The summed E-state index contributed by atoms with van der Waals surface area (Å²) >= 11 is 7.07. The zero-order chi connectivity index (χ0) is 21.0. The maximum Gasteiger partial charge on any atom is 0.348 e. The van der Waals surface area contributed by atoms with E-state index in [2.05, 4.69) is 15.5 Å². The molecule has 0 fully saturated rings. The van der Waals surface area contributed by atoms with Crippen LogP contribution < -0.4 is 15.9 Å². The first-order valence-electron chi connectivity index (χ1n) is 7.80. The Labute approximate surface area is 171 Å². The van der Waals surface area contributed by atoms with Gasteiger partial charge in [0.2, 0.25) is 5.13 Å². The molecule has 0 aliphatic carbocycles. The number of hydrazone groups is 1. The predicted octanol–water partition coefficient (Wildman–Crippen LogP) is 4.09. The summed E-state index contributed by atoms with van der Waals surface area (Å²) in [6, 6.07) is 7.22. The van der Waals surface area contributed by atoms with Crippen molar-refractivity contribution in [3.05, 3.63) is 73.9 Å². The summed E-state index contributed by atoms with van der Waals surface area (Å²) in [5.41, 5.74) is 7.49. The number of nitro benzene ring substituents is 1. The van der Waals surface area contributed by atoms with Crippen LogP contribution in [0.2, 0.25) is 5.02 Å². The van der Waals surface area contributed by atoms with Gasteiger partial charge in [-0.15, -0.1) is 11.3 Å². The van der Waals surface area contributed by atoms with E-state index in [0.29, 0.717) is 10.9 Å². The summed E-state index contributed by atoms with van der Waals surface area (Å²) in [7, 11) is 0. The molecule has 3 N–H and O–H groups in total. The molecule has 0 unspecified atom stereocenters. The fourth-order valence-electron chi connectivity index (χ4n) is 2.18. The van der Waals surface area contributed by atoms with Gasteiger partial charge in [-0.3, -0.25) is 15.5 Å². The first kappa shape index (κ1) is 20.2. The number of nitrogen functional groups attached to an aromatic ring is 1. The molecule has 0 aliphatic heterocycles. The predicted molar refractivity (Wildman–Crippen MR) is 107 cm³/mol. The Balaban J connectivity index is 1.89. The lowest BCUT2D eigenvalue weighted by molar-refractivity contribution is -0.384. The van der Waals surface area contributed by atoms with Crippen LogP contribution >= 0.6 is 22.9 Å². The van der Waals surface area contributed by atoms with Crippen molar-refractivity contribution in [1.82, 2.24) is 4.98 Å². The third-order valence-electron chi connectivity index (χ3n) is 3.46. The van der Waals surface area contributed by atoms with Crippen LogP contribution in [0, 0.1) is 15.9 Å². The van der Waals surface area contributed by atoms with Gasteiger partial charge >= 0.3 is 5.97 Å². The number of ether oxygens (including phenoxy) is 1. The Hall–Kier alpha value is -3.57. The summed E-state index contributed by atoms with van der Waals surface area (Å²) in [6.45, 7) is 0. The molecule has 0 radical (unpaired) electrons. The second kappa shape index (κ2) is 8.63. The largest absolute Gasteiger partial charge is 0.422 e. The Bertz CT molecular complexity index is 1100. The highest BCUT2D eigenvalue weighted by Crippen LogP contribution is 2.26. The molecule has 12 heteroatoms. The average Bonchev–Trinajstić information content (AvgIpc) is 3.07. The molecule has 0 amide bonds. The lowest BCUT2D eigenvalue weighted by Gasteiger charge is -2.09. The van der Waals surface area contributed by atoms with Crippen molar-refractivity contribution < 1.29 is 18.8 Å². The van der Waals surface area contributed by atoms with E-state index in [9.17, 15) is 19.3 Å². The van der Waals surface area contributed by atoms with Crippen LogP contribution in [0.3, 0.4) is 0 Å². The van der Waals surface area contributed by atoms with Crippen LogP contribution in [-0.2, 0) is 0 Å².